The summed E-state index contributed by atoms with van der Waals surface area (Å²) in [4.78, 5) is 12.6. The zero-order valence-corrected chi connectivity index (χ0v) is 16.7. The summed E-state index contributed by atoms with van der Waals surface area (Å²) in [6.07, 6.45) is 0. The van der Waals surface area contributed by atoms with E-state index in [1.807, 2.05) is 24.3 Å². The predicted octanol–water partition coefficient (Wildman–Crippen LogP) is 2.00. The van der Waals surface area contributed by atoms with Crippen LogP contribution in [0, 0.1) is 0 Å². The highest BCUT2D eigenvalue weighted by Crippen LogP contribution is 2.18. The average molecular weight is 390 g/mol. The number of hydrogen-bond donors (Lipinski definition) is 3. The molecule has 6 nitrogen and oxygen atoms in total. The molecule has 0 aliphatic carbocycles. The molecule has 0 fully saturated rings. The van der Waals surface area contributed by atoms with E-state index in [9.17, 15) is 13.2 Å². The van der Waals surface area contributed by atoms with E-state index in [1.54, 1.807) is 51.1 Å². The molecule has 1 amide bonds. The molecular formula is C20H27N3O3S. The van der Waals surface area contributed by atoms with Gasteiger partial charge in [0.05, 0.1) is 5.75 Å². The van der Waals surface area contributed by atoms with E-state index in [1.165, 1.54) is 0 Å². The Balaban J connectivity index is 2.11. The van der Waals surface area contributed by atoms with Crippen LogP contribution in [-0.2, 0) is 32.7 Å². The number of sulfonamides is 1. The summed E-state index contributed by atoms with van der Waals surface area (Å²) in [6, 6.07) is 16.1. The third kappa shape index (κ3) is 5.89. The van der Waals surface area contributed by atoms with E-state index in [4.69, 9.17) is 5.73 Å². The Morgan fingerprint density at radius 1 is 1.04 bits per heavy atom. The number of nitrogens with two attached hydrogens (primary N) is 1. The zero-order chi connectivity index (χ0) is 20.1. The van der Waals surface area contributed by atoms with Crippen molar-refractivity contribution < 1.29 is 13.2 Å². The monoisotopic (exact) mass is 389 g/mol. The molecule has 0 aromatic heterocycles. The summed E-state index contributed by atoms with van der Waals surface area (Å²) in [7, 11) is -3.45. The van der Waals surface area contributed by atoms with E-state index in [0.29, 0.717) is 11.1 Å². The normalized spacial score (nSPS) is 14.0. The second-order valence-corrected chi connectivity index (χ2v) is 8.81. The van der Waals surface area contributed by atoms with Gasteiger partial charge in [-0.25, -0.2) is 13.1 Å². The molecular weight excluding hydrogens is 362 g/mol. The number of carbonyl (C=O) groups excluding carboxylic acids is 1. The van der Waals surface area contributed by atoms with Crippen LogP contribution in [0.25, 0.3) is 0 Å². The van der Waals surface area contributed by atoms with E-state index in [0.717, 1.165) is 5.56 Å². The van der Waals surface area contributed by atoms with Gasteiger partial charge in [-0.2, -0.15) is 0 Å². The van der Waals surface area contributed by atoms with Crippen LogP contribution >= 0.6 is 0 Å². The number of benzene rings is 2. The Morgan fingerprint density at radius 3 is 2.19 bits per heavy atom. The van der Waals surface area contributed by atoms with E-state index >= 15 is 0 Å². The molecule has 0 aliphatic rings. The summed E-state index contributed by atoms with van der Waals surface area (Å²) in [5.41, 5.74) is 7.13. The number of amides is 1. The van der Waals surface area contributed by atoms with Crippen molar-refractivity contribution in [2.24, 2.45) is 5.73 Å². The second kappa shape index (κ2) is 8.65. The zero-order valence-electron chi connectivity index (χ0n) is 15.9. The van der Waals surface area contributed by atoms with Gasteiger partial charge in [0.15, 0.2) is 0 Å². The molecule has 1 unspecified atom stereocenters. The first-order valence-corrected chi connectivity index (χ1v) is 10.5. The molecule has 0 saturated carbocycles. The van der Waals surface area contributed by atoms with Gasteiger partial charge in [0.25, 0.3) is 0 Å². The maximum atomic E-state index is 12.6. The fourth-order valence-corrected chi connectivity index (χ4v) is 4.24. The van der Waals surface area contributed by atoms with Crippen LogP contribution in [0.15, 0.2) is 54.6 Å². The van der Waals surface area contributed by atoms with Gasteiger partial charge in [0.2, 0.25) is 15.9 Å². The van der Waals surface area contributed by atoms with Gasteiger partial charge in [0.1, 0.15) is 5.54 Å². The van der Waals surface area contributed by atoms with Crippen LogP contribution in [0.5, 0.6) is 0 Å². The Morgan fingerprint density at radius 2 is 1.59 bits per heavy atom. The van der Waals surface area contributed by atoms with Crippen molar-refractivity contribution in [1.82, 2.24) is 10.0 Å². The highest BCUT2D eigenvalue weighted by Gasteiger charge is 2.30. The van der Waals surface area contributed by atoms with Crippen LogP contribution in [0.2, 0.25) is 0 Å². The lowest BCUT2D eigenvalue weighted by Crippen LogP contribution is -2.48. The number of rotatable bonds is 8. The van der Waals surface area contributed by atoms with Crippen molar-refractivity contribution in [3.8, 4) is 0 Å². The lowest BCUT2D eigenvalue weighted by Gasteiger charge is -2.24. The average Bonchev–Trinajstić information content (AvgIpc) is 2.60. The molecule has 0 heterocycles. The van der Waals surface area contributed by atoms with Crippen molar-refractivity contribution in [3.63, 3.8) is 0 Å². The SMILES string of the molecule is CC(C)NS(=O)(=O)Cc1ccccc1CNC(=O)C(C)(N)c1ccccc1. The largest absolute Gasteiger partial charge is 0.350 e. The lowest BCUT2D eigenvalue weighted by atomic mass is 9.92. The van der Waals surface area contributed by atoms with Crippen LogP contribution in [0.1, 0.15) is 37.5 Å². The van der Waals surface area contributed by atoms with Gasteiger partial charge in [0, 0.05) is 12.6 Å². The molecule has 27 heavy (non-hydrogen) atoms. The molecule has 0 aliphatic heterocycles. The van der Waals surface area contributed by atoms with Crippen molar-refractivity contribution in [2.75, 3.05) is 0 Å². The highest BCUT2D eigenvalue weighted by atomic mass is 32.2. The molecule has 146 valence electrons. The molecule has 2 rings (SSSR count). The van der Waals surface area contributed by atoms with Crippen LogP contribution < -0.4 is 15.8 Å². The molecule has 2 aromatic carbocycles. The molecule has 4 N–H and O–H groups in total. The van der Waals surface area contributed by atoms with E-state index in [2.05, 4.69) is 10.0 Å². The topological polar surface area (TPSA) is 101 Å². The quantitative estimate of drug-likeness (QED) is 0.643. The summed E-state index contributed by atoms with van der Waals surface area (Å²) in [5.74, 6) is -0.470. The van der Waals surface area contributed by atoms with Crippen molar-refractivity contribution in [1.29, 1.82) is 0 Å². The summed E-state index contributed by atoms with van der Waals surface area (Å²) < 4.78 is 27.0. The van der Waals surface area contributed by atoms with Crippen LogP contribution in [-0.4, -0.2) is 20.4 Å². The maximum Gasteiger partial charge on any atom is 0.244 e. The van der Waals surface area contributed by atoms with Crippen molar-refractivity contribution in [2.45, 2.75) is 44.6 Å². The molecule has 0 radical (unpaired) electrons. The van der Waals surface area contributed by atoms with Gasteiger partial charge < -0.3 is 11.1 Å². The summed E-state index contributed by atoms with van der Waals surface area (Å²) in [6.45, 7) is 5.40. The molecule has 1 atom stereocenters. The van der Waals surface area contributed by atoms with Crippen molar-refractivity contribution >= 4 is 15.9 Å². The first-order valence-electron chi connectivity index (χ1n) is 8.81. The Bertz CT molecular complexity index is 878. The second-order valence-electron chi connectivity index (χ2n) is 7.05. The van der Waals surface area contributed by atoms with Gasteiger partial charge in [-0.3, -0.25) is 4.79 Å². The molecule has 2 aromatic rings. The molecule has 0 saturated heterocycles. The Labute approximate surface area is 161 Å². The maximum absolute atomic E-state index is 12.6. The van der Waals surface area contributed by atoms with E-state index < -0.39 is 15.6 Å². The summed E-state index contributed by atoms with van der Waals surface area (Å²) >= 11 is 0. The highest BCUT2D eigenvalue weighted by molar-refractivity contribution is 7.88. The van der Waals surface area contributed by atoms with Crippen LogP contribution in [0.4, 0.5) is 0 Å². The van der Waals surface area contributed by atoms with Gasteiger partial charge >= 0.3 is 0 Å². The molecule has 0 bridgehead atoms. The van der Waals surface area contributed by atoms with Crippen molar-refractivity contribution in [3.05, 3.63) is 71.3 Å². The smallest absolute Gasteiger partial charge is 0.244 e. The first-order chi connectivity index (χ1) is 12.6. The predicted molar refractivity (Wildman–Crippen MR) is 107 cm³/mol. The number of carbonyl (C=O) groups is 1. The molecule has 7 heteroatoms. The van der Waals surface area contributed by atoms with E-state index in [-0.39, 0.29) is 24.2 Å². The molecule has 0 spiro atoms. The fourth-order valence-electron chi connectivity index (χ4n) is 2.75. The minimum Gasteiger partial charge on any atom is -0.350 e. The minimum absolute atomic E-state index is 0.143. The number of hydrogen-bond acceptors (Lipinski definition) is 4. The lowest BCUT2D eigenvalue weighted by molar-refractivity contribution is -0.126. The minimum atomic E-state index is -3.45. The van der Waals surface area contributed by atoms with Gasteiger partial charge in [-0.15, -0.1) is 0 Å². The first kappa shape index (κ1) is 21.1. The number of nitrogens with one attached hydrogen (secondary N) is 2. The van der Waals surface area contributed by atoms with Gasteiger partial charge in [-0.05, 0) is 37.5 Å². The Hall–Kier alpha value is -2.22. The Kier molecular flexibility index (Phi) is 6.75. The third-order valence-electron chi connectivity index (χ3n) is 4.16. The third-order valence-corrected chi connectivity index (χ3v) is 5.69. The standard InChI is InChI=1S/C20H27N3O3S/c1-15(2)23-27(25,26)14-17-10-8-7-9-16(17)13-22-19(24)20(3,21)18-11-5-4-6-12-18/h4-12,15,23H,13-14,21H2,1-3H3,(H,22,24). The summed E-state index contributed by atoms with van der Waals surface area (Å²) in [5, 5.41) is 2.83. The van der Waals surface area contributed by atoms with Gasteiger partial charge in [-0.1, -0.05) is 54.6 Å². The fraction of sp³-hybridized carbons (Fsp3) is 0.350. The van der Waals surface area contributed by atoms with Crippen LogP contribution in [0.3, 0.4) is 0 Å².